The lowest BCUT2D eigenvalue weighted by molar-refractivity contribution is 0.305. The summed E-state index contributed by atoms with van der Waals surface area (Å²) in [5.41, 5.74) is 8.59. The summed E-state index contributed by atoms with van der Waals surface area (Å²) >= 11 is 0. The largest absolute Gasteiger partial charge is 0.489 e. The number of nitrogens with two attached hydrogens (primary N) is 1. The molecule has 1 aliphatic carbocycles. The first-order chi connectivity index (χ1) is 9.33. The van der Waals surface area contributed by atoms with E-state index >= 15 is 0 Å². The van der Waals surface area contributed by atoms with Gasteiger partial charge in [-0.15, -0.1) is 0 Å². The topological polar surface area (TPSA) is 35.2 Å². The van der Waals surface area contributed by atoms with Gasteiger partial charge in [-0.25, -0.2) is 0 Å². The predicted octanol–water partition coefficient (Wildman–Crippen LogP) is 3.68. The van der Waals surface area contributed by atoms with E-state index in [4.69, 9.17) is 10.5 Å². The molecular weight excluding hydrogens is 234 g/mol. The Balaban J connectivity index is 1.66. The Morgan fingerprint density at radius 2 is 1.84 bits per heavy atom. The molecule has 0 amide bonds. The van der Waals surface area contributed by atoms with E-state index in [0.29, 0.717) is 12.5 Å². The fourth-order valence-corrected chi connectivity index (χ4v) is 2.28. The Labute approximate surface area is 114 Å². The molecule has 2 aromatic carbocycles. The van der Waals surface area contributed by atoms with Gasteiger partial charge < -0.3 is 10.5 Å². The smallest absolute Gasteiger partial charge is 0.120 e. The van der Waals surface area contributed by atoms with E-state index < -0.39 is 0 Å². The van der Waals surface area contributed by atoms with E-state index in [1.165, 1.54) is 24.0 Å². The average molecular weight is 253 g/mol. The predicted molar refractivity (Wildman–Crippen MR) is 76.9 cm³/mol. The quantitative estimate of drug-likeness (QED) is 0.882. The zero-order chi connectivity index (χ0) is 13.1. The van der Waals surface area contributed by atoms with Gasteiger partial charge in [-0.2, -0.15) is 0 Å². The second kappa shape index (κ2) is 5.45. The van der Waals surface area contributed by atoms with Crippen molar-refractivity contribution in [2.75, 3.05) is 0 Å². The van der Waals surface area contributed by atoms with Gasteiger partial charge in [-0.3, -0.25) is 0 Å². The number of hydrogen-bond acceptors (Lipinski definition) is 2. The molecule has 0 spiro atoms. The summed E-state index contributed by atoms with van der Waals surface area (Å²) < 4.78 is 5.83. The van der Waals surface area contributed by atoms with Crippen LogP contribution in [0.25, 0.3) is 0 Å². The molecule has 0 saturated heterocycles. The highest BCUT2D eigenvalue weighted by molar-refractivity contribution is 5.31. The van der Waals surface area contributed by atoms with Crippen molar-refractivity contribution < 1.29 is 4.74 Å². The van der Waals surface area contributed by atoms with Crippen molar-refractivity contribution in [3.63, 3.8) is 0 Å². The molecule has 0 bridgehead atoms. The number of ether oxygens (including phenoxy) is 1. The van der Waals surface area contributed by atoms with Crippen LogP contribution in [-0.2, 0) is 6.61 Å². The molecule has 0 heterocycles. The van der Waals surface area contributed by atoms with E-state index in [1.54, 1.807) is 0 Å². The van der Waals surface area contributed by atoms with Gasteiger partial charge in [0.05, 0.1) is 0 Å². The summed E-state index contributed by atoms with van der Waals surface area (Å²) in [5.74, 6) is 1.57. The van der Waals surface area contributed by atoms with E-state index in [1.807, 2.05) is 30.3 Å². The fraction of sp³-hybridized carbons (Fsp3) is 0.294. The van der Waals surface area contributed by atoms with E-state index in [9.17, 15) is 0 Å². The molecule has 19 heavy (non-hydrogen) atoms. The van der Waals surface area contributed by atoms with Gasteiger partial charge in [-0.1, -0.05) is 42.5 Å². The molecule has 2 nitrogen and oxygen atoms in total. The summed E-state index contributed by atoms with van der Waals surface area (Å²) in [6, 6.07) is 18.6. The van der Waals surface area contributed by atoms with Gasteiger partial charge >= 0.3 is 0 Å². The van der Waals surface area contributed by atoms with Crippen LogP contribution in [0.5, 0.6) is 5.75 Å². The molecule has 0 aliphatic heterocycles. The molecular formula is C17H19NO. The Bertz CT molecular complexity index is 534. The van der Waals surface area contributed by atoms with Crippen LogP contribution < -0.4 is 10.5 Å². The fourth-order valence-electron chi connectivity index (χ4n) is 2.28. The molecule has 2 N–H and O–H groups in total. The van der Waals surface area contributed by atoms with E-state index in [0.717, 1.165) is 5.75 Å². The maximum absolute atomic E-state index is 6.22. The molecule has 0 unspecified atom stereocenters. The average Bonchev–Trinajstić information content (AvgIpc) is 3.30. The van der Waals surface area contributed by atoms with Crippen LogP contribution in [0.1, 0.15) is 30.0 Å². The lowest BCUT2D eigenvalue weighted by atomic mass is 10.0. The van der Waals surface area contributed by atoms with Crippen LogP contribution in [0.4, 0.5) is 0 Å². The SMILES string of the molecule is N[C@H](c1cccc(OCc2ccccc2)c1)C1CC1. The first-order valence-electron chi connectivity index (χ1n) is 6.85. The number of hydrogen-bond donors (Lipinski definition) is 1. The van der Waals surface area contributed by atoms with Crippen molar-refractivity contribution in [2.45, 2.75) is 25.5 Å². The summed E-state index contributed by atoms with van der Waals surface area (Å²) in [5, 5.41) is 0. The van der Waals surface area contributed by atoms with Crippen LogP contribution in [0.3, 0.4) is 0 Å². The number of rotatable bonds is 5. The van der Waals surface area contributed by atoms with Crippen molar-refractivity contribution in [3.05, 3.63) is 65.7 Å². The van der Waals surface area contributed by atoms with E-state index in [2.05, 4.69) is 24.3 Å². The molecule has 0 aromatic heterocycles. The second-order valence-electron chi connectivity index (χ2n) is 5.21. The van der Waals surface area contributed by atoms with Gasteiger partial charge in [0, 0.05) is 6.04 Å². The summed E-state index contributed by atoms with van der Waals surface area (Å²) in [6.07, 6.45) is 2.52. The molecule has 2 heteroatoms. The summed E-state index contributed by atoms with van der Waals surface area (Å²) in [4.78, 5) is 0. The zero-order valence-corrected chi connectivity index (χ0v) is 11.0. The Morgan fingerprint density at radius 1 is 1.05 bits per heavy atom. The maximum atomic E-state index is 6.22. The Kier molecular flexibility index (Phi) is 3.51. The molecule has 1 fully saturated rings. The third-order valence-corrected chi connectivity index (χ3v) is 3.62. The molecule has 1 aliphatic rings. The molecule has 0 radical (unpaired) electrons. The Morgan fingerprint density at radius 3 is 2.58 bits per heavy atom. The normalized spacial score (nSPS) is 16.1. The van der Waals surface area contributed by atoms with Gasteiger partial charge in [0.1, 0.15) is 12.4 Å². The molecule has 1 saturated carbocycles. The zero-order valence-electron chi connectivity index (χ0n) is 11.0. The van der Waals surface area contributed by atoms with Gasteiger partial charge in [0.25, 0.3) is 0 Å². The summed E-state index contributed by atoms with van der Waals surface area (Å²) in [6.45, 7) is 0.600. The van der Waals surface area contributed by atoms with Gasteiger partial charge in [0.2, 0.25) is 0 Å². The monoisotopic (exact) mass is 253 g/mol. The van der Waals surface area contributed by atoms with Crippen LogP contribution >= 0.6 is 0 Å². The van der Waals surface area contributed by atoms with Crippen LogP contribution in [0.2, 0.25) is 0 Å². The van der Waals surface area contributed by atoms with Crippen molar-refractivity contribution >= 4 is 0 Å². The second-order valence-corrected chi connectivity index (χ2v) is 5.21. The summed E-state index contributed by atoms with van der Waals surface area (Å²) in [7, 11) is 0. The highest BCUT2D eigenvalue weighted by Crippen LogP contribution is 2.39. The minimum atomic E-state index is 0.167. The van der Waals surface area contributed by atoms with Crippen molar-refractivity contribution in [2.24, 2.45) is 11.7 Å². The number of benzene rings is 2. The first-order valence-corrected chi connectivity index (χ1v) is 6.85. The van der Waals surface area contributed by atoms with Gasteiger partial charge in [-0.05, 0) is 42.0 Å². The highest BCUT2D eigenvalue weighted by Gasteiger charge is 2.29. The third kappa shape index (κ3) is 3.15. The van der Waals surface area contributed by atoms with Gasteiger partial charge in [0.15, 0.2) is 0 Å². The maximum Gasteiger partial charge on any atom is 0.120 e. The van der Waals surface area contributed by atoms with Crippen molar-refractivity contribution in [3.8, 4) is 5.75 Å². The van der Waals surface area contributed by atoms with E-state index in [-0.39, 0.29) is 6.04 Å². The van der Waals surface area contributed by atoms with Crippen molar-refractivity contribution in [1.29, 1.82) is 0 Å². The molecule has 2 aromatic rings. The highest BCUT2D eigenvalue weighted by atomic mass is 16.5. The van der Waals surface area contributed by atoms with Crippen molar-refractivity contribution in [1.82, 2.24) is 0 Å². The minimum Gasteiger partial charge on any atom is -0.489 e. The third-order valence-electron chi connectivity index (χ3n) is 3.62. The van der Waals surface area contributed by atoms with Crippen LogP contribution in [0.15, 0.2) is 54.6 Å². The van der Waals surface area contributed by atoms with Crippen LogP contribution in [0, 0.1) is 5.92 Å². The lowest BCUT2D eigenvalue weighted by Gasteiger charge is -2.13. The standard InChI is InChI=1S/C17H19NO/c18-17(14-9-10-14)15-7-4-8-16(11-15)19-12-13-5-2-1-3-6-13/h1-8,11,14,17H,9-10,12,18H2/t17-/m0/s1. The molecule has 3 rings (SSSR count). The Hall–Kier alpha value is -1.80. The van der Waals surface area contributed by atoms with Crippen LogP contribution in [-0.4, -0.2) is 0 Å². The molecule has 1 atom stereocenters. The minimum absolute atomic E-state index is 0.167. The first kappa shape index (κ1) is 12.2. The molecule has 98 valence electrons. The lowest BCUT2D eigenvalue weighted by Crippen LogP contribution is -2.12.